The number of pyridine rings is 1. The first kappa shape index (κ1) is 19.4. The van der Waals surface area contributed by atoms with Gasteiger partial charge in [0, 0.05) is 12.7 Å². The lowest BCUT2D eigenvalue weighted by Crippen LogP contribution is -2.38. The van der Waals surface area contributed by atoms with E-state index in [1.807, 2.05) is 38.1 Å². The van der Waals surface area contributed by atoms with E-state index in [0.29, 0.717) is 25.7 Å². The summed E-state index contributed by atoms with van der Waals surface area (Å²) >= 11 is 0. The Balaban J connectivity index is 1.71. The van der Waals surface area contributed by atoms with Gasteiger partial charge >= 0.3 is 0 Å². The molecule has 0 unspecified atom stereocenters. The van der Waals surface area contributed by atoms with Crippen LogP contribution in [0.5, 0.6) is 5.88 Å². The van der Waals surface area contributed by atoms with Gasteiger partial charge < -0.3 is 14.8 Å². The molecule has 1 fully saturated rings. The molecule has 5 nitrogen and oxygen atoms in total. The van der Waals surface area contributed by atoms with Crippen LogP contribution in [0.1, 0.15) is 43.9 Å². The number of aromatic nitrogens is 1. The zero-order valence-corrected chi connectivity index (χ0v) is 16.2. The Morgan fingerprint density at radius 2 is 1.85 bits per heavy atom. The fraction of sp³-hybridized carbons (Fsp3) is 0.455. The van der Waals surface area contributed by atoms with Crippen molar-refractivity contribution in [1.82, 2.24) is 4.98 Å². The predicted octanol–water partition coefficient (Wildman–Crippen LogP) is 4.26. The lowest BCUT2D eigenvalue weighted by Gasteiger charge is -2.28. The SMILES string of the molecule is CCOCCOc1ccc(NC(=O)C2(c3ccccc3)CCCC2)c(C)n1. The van der Waals surface area contributed by atoms with Gasteiger partial charge in [-0.3, -0.25) is 4.79 Å². The molecule has 3 rings (SSSR count). The van der Waals surface area contributed by atoms with Gasteiger partial charge in [0.05, 0.1) is 23.4 Å². The van der Waals surface area contributed by atoms with Crippen molar-refractivity contribution < 1.29 is 14.3 Å². The first-order valence-electron chi connectivity index (χ1n) is 9.71. The van der Waals surface area contributed by atoms with Crippen LogP contribution in [0, 0.1) is 6.92 Å². The number of carbonyl (C=O) groups is 1. The third-order valence-electron chi connectivity index (χ3n) is 5.21. The largest absolute Gasteiger partial charge is 0.475 e. The van der Waals surface area contributed by atoms with Gasteiger partial charge in [-0.1, -0.05) is 43.2 Å². The second kappa shape index (κ2) is 9.00. The number of nitrogens with zero attached hydrogens (tertiary/aromatic N) is 1. The number of hydrogen-bond acceptors (Lipinski definition) is 4. The topological polar surface area (TPSA) is 60.5 Å². The number of aryl methyl sites for hydroxylation is 1. The molecule has 1 aromatic carbocycles. The van der Waals surface area contributed by atoms with Crippen LogP contribution in [-0.2, 0) is 14.9 Å². The van der Waals surface area contributed by atoms with E-state index in [2.05, 4.69) is 22.4 Å². The summed E-state index contributed by atoms with van der Waals surface area (Å²) in [6.07, 6.45) is 3.92. The van der Waals surface area contributed by atoms with Crippen LogP contribution in [0.3, 0.4) is 0 Å². The van der Waals surface area contributed by atoms with Gasteiger partial charge in [0.2, 0.25) is 11.8 Å². The molecule has 2 aromatic rings. The number of amides is 1. The normalized spacial score (nSPS) is 15.5. The van der Waals surface area contributed by atoms with Gasteiger partial charge in [0.1, 0.15) is 6.61 Å². The summed E-state index contributed by atoms with van der Waals surface area (Å²) in [6, 6.07) is 13.8. The average molecular weight is 368 g/mol. The van der Waals surface area contributed by atoms with Crippen molar-refractivity contribution >= 4 is 11.6 Å². The molecule has 1 N–H and O–H groups in total. The van der Waals surface area contributed by atoms with E-state index in [9.17, 15) is 4.79 Å². The van der Waals surface area contributed by atoms with Crippen molar-refractivity contribution in [3.8, 4) is 5.88 Å². The number of rotatable bonds is 8. The summed E-state index contributed by atoms with van der Waals surface area (Å²) in [6.45, 7) is 5.50. The highest BCUT2D eigenvalue weighted by Crippen LogP contribution is 2.42. The van der Waals surface area contributed by atoms with E-state index < -0.39 is 5.41 Å². The maximum absolute atomic E-state index is 13.2. The van der Waals surface area contributed by atoms with Crippen LogP contribution >= 0.6 is 0 Å². The molecule has 1 amide bonds. The van der Waals surface area contributed by atoms with Gasteiger partial charge in [-0.2, -0.15) is 0 Å². The minimum absolute atomic E-state index is 0.0566. The van der Waals surface area contributed by atoms with Crippen molar-refractivity contribution in [2.24, 2.45) is 0 Å². The van der Waals surface area contributed by atoms with Gasteiger partial charge in [-0.15, -0.1) is 0 Å². The first-order valence-corrected chi connectivity index (χ1v) is 9.71. The Bertz CT molecular complexity index is 755. The Hall–Kier alpha value is -2.40. The van der Waals surface area contributed by atoms with E-state index >= 15 is 0 Å². The van der Waals surface area contributed by atoms with Crippen molar-refractivity contribution in [2.45, 2.75) is 44.9 Å². The molecular formula is C22H28N2O3. The Morgan fingerprint density at radius 3 is 2.52 bits per heavy atom. The lowest BCUT2D eigenvalue weighted by molar-refractivity contribution is -0.121. The van der Waals surface area contributed by atoms with Crippen LogP contribution in [0.25, 0.3) is 0 Å². The van der Waals surface area contributed by atoms with E-state index in [1.54, 1.807) is 6.07 Å². The fourth-order valence-corrected chi connectivity index (χ4v) is 3.72. The molecule has 1 aliphatic rings. The van der Waals surface area contributed by atoms with Gasteiger partial charge in [0.15, 0.2) is 0 Å². The highest BCUT2D eigenvalue weighted by atomic mass is 16.5. The minimum atomic E-state index is -0.444. The second-order valence-electron chi connectivity index (χ2n) is 6.94. The Labute approximate surface area is 161 Å². The van der Waals surface area contributed by atoms with Crippen LogP contribution < -0.4 is 10.1 Å². The summed E-state index contributed by atoms with van der Waals surface area (Å²) in [4.78, 5) is 17.7. The van der Waals surface area contributed by atoms with E-state index in [4.69, 9.17) is 9.47 Å². The van der Waals surface area contributed by atoms with Crippen LogP contribution in [-0.4, -0.2) is 30.7 Å². The van der Waals surface area contributed by atoms with Crippen molar-refractivity contribution in [3.05, 3.63) is 53.7 Å². The molecule has 5 heteroatoms. The Kier molecular flexibility index (Phi) is 6.45. The molecule has 144 valence electrons. The summed E-state index contributed by atoms with van der Waals surface area (Å²) in [7, 11) is 0. The number of benzene rings is 1. The smallest absolute Gasteiger partial charge is 0.235 e. The summed E-state index contributed by atoms with van der Waals surface area (Å²) in [5.74, 6) is 0.602. The molecule has 1 aliphatic carbocycles. The van der Waals surface area contributed by atoms with E-state index in [0.717, 1.165) is 42.6 Å². The summed E-state index contributed by atoms with van der Waals surface area (Å²) in [5.41, 5.74) is 2.14. The molecule has 27 heavy (non-hydrogen) atoms. The maximum atomic E-state index is 13.2. The van der Waals surface area contributed by atoms with Crippen molar-refractivity contribution in [2.75, 3.05) is 25.1 Å². The fourth-order valence-electron chi connectivity index (χ4n) is 3.72. The van der Waals surface area contributed by atoms with Crippen LogP contribution in [0.15, 0.2) is 42.5 Å². The molecule has 0 radical (unpaired) electrons. The molecule has 1 aromatic heterocycles. The minimum Gasteiger partial charge on any atom is -0.475 e. The third-order valence-corrected chi connectivity index (χ3v) is 5.21. The third kappa shape index (κ3) is 4.48. The van der Waals surface area contributed by atoms with Crippen molar-refractivity contribution in [3.63, 3.8) is 0 Å². The molecule has 1 saturated carbocycles. The molecule has 1 heterocycles. The second-order valence-corrected chi connectivity index (χ2v) is 6.94. The van der Waals surface area contributed by atoms with E-state index in [-0.39, 0.29) is 5.91 Å². The van der Waals surface area contributed by atoms with Crippen molar-refractivity contribution in [1.29, 1.82) is 0 Å². The van der Waals surface area contributed by atoms with Gasteiger partial charge in [0.25, 0.3) is 0 Å². The first-order chi connectivity index (χ1) is 13.2. The van der Waals surface area contributed by atoms with Crippen LogP contribution in [0.4, 0.5) is 5.69 Å². The zero-order chi connectivity index (χ0) is 19.1. The molecular weight excluding hydrogens is 340 g/mol. The zero-order valence-electron chi connectivity index (χ0n) is 16.2. The Morgan fingerprint density at radius 1 is 1.11 bits per heavy atom. The van der Waals surface area contributed by atoms with Gasteiger partial charge in [-0.25, -0.2) is 4.98 Å². The highest BCUT2D eigenvalue weighted by Gasteiger charge is 2.42. The van der Waals surface area contributed by atoms with E-state index in [1.165, 1.54) is 0 Å². The standard InChI is InChI=1S/C22H28N2O3/c1-3-26-15-16-27-20-12-11-19(17(2)23-20)24-21(25)22(13-7-8-14-22)18-9-5-4-6-10-18/h4-6,9-12H,3,7-8,13-16H2,1-2H3,(H,24,25). The maximum Gasteiger partial charge on any atom is 0.235 e. The predicted molar refractivity (Wildman–Crippen MR) is 106 cm³/mol. The molecule has 0 aliphatic heterocycles. The molecule has 0 bridgehead atoms. The number of carbonyl (C=O) groups excluding carboxylic acids is 1. The quantitative estimate of drug-likeness (QED) is 0.708. The van der Waals surface area contributed by atoms with Gasteiger partial charge in [-0.05, 0) is 38.3 Å². The monoisotopic (exact) mass is 368 g/mol. The molecule has 0 saturated heterocycles. The summed E-state index contributed by atoms with van der Waals surface area (Å²) in [5, 5.41) is 3.11. The number of ether oxygens (including phenoxy) is 2. The average Bonchev–Trinajstić information content (AvgIpc) is 3.19. The number of hydrogen-bond donors (Lipinski definition) is 1. The molecule has 0 atom stereocenters. The summed E-state index contributed by atoms with van der Waals surface area (Å²) < 4.78 is 10.9. The van der Waals surface area contributed by atoms with Crippen LogP contribution in [0.2, 0.25) is 0 Å². The molecule has 0 spiro atoms. The highest BCUT2D eigenvalue weighted by molar-refractivity contribution is 5.99. The number of nitrogens with one attached hydrogen (secondary N) is 1. The number of anilines is 1. The lowest BCUT2D eigenvalue weighted by atomic mass is 9.78.